The number of aliphatic hydroxyl groups excluding tert-OH is 3. The summed E-state index contributed by atoms with van der Waals surface area (Å²) in [6.45, 7) is -0.698. The van der Waals surface area contributed by atoms with Crippen LogP contribution in [-0.4, -0.2) is 43.8 Å². The number of hydrogen-bond donors (Lipinski definition) is 3. The van der Waals surface area contributed by atoms with Gasteiger partial charge in [-0.05, 0) is 24.3 Å². The molecule has 27 heavy (non-hydrogen) atoms. The molecule has 0 saturated carbocycles. The van der Waals surface area contributed by atoms with Gasteiger partial charge in [0.05, 0.1) is 27.1 Å². The molecule has 0 aliphatic rings. The van der Waals surface area contributed by atoms with Gasteiger partial charge >= 0.3 is 0 Å². The van der Waals surface area contributed by atoms with Crippen LogP contribution in [0, 0.1) is 10.1 Å². The summed E-state index contributed by atoms with van der Waals surface area (Å²) in [5.41, 5.74) is 1.26. The van der Waals surface area contributed by atoms with Crippen molar-refractivity contribution in [3.8, 4) is 11.4 Å². The highest BCUT2D eigenvalue weighted by molar-refractivity contribution is 6.37. The molecule has 142 valence electrons. The first-order valence-electron chi connectivity index (χ1n) is 7.70. The fourth-order valence-corrected chi connectivity index (χ4v) is 3.12. The van der Waals surface area contributed by atoms with E-state index in [0.29, 0.717) is 16.6 Å². The minimum Gasteiger partial charge on any atom is -0.459 e. The maximum Gasteiger partial charge on any atom is 0.270 e. The molecule has 0 radical (unpaired) electrons. The SMILES string of the molecule is O=[N+]([O-])c1ccc2c(ccn2-c2cc(Cl)c(OC(O)C(O)CO)c(Cl)c2)c1. The topological polar surface area (TPSA) is 118 Å². The van der Waals surface area contributed by atoms with Gasteiger partial charge in [0.25, 0.3) is 5.69 Å². The van der Waals surface area contributed by atoms with Crippen LogP contribution in [0.2, 0.25) is 10.0 Å². The Morgan fingerprint density at radius 2 is 1.81 bits per heavy atom. The first-order chi connectivity index (χ1) is 12.8. The number of nitro benzene ring substituents is 1. The number of fused-ring (bicyclic) bond motifs is 1. The normalized spacial score (nSPS) is 13.5. The molecular weight excluding hydrogens is 399 g/mol. The van der Waals surface area contributed by atoms with Crippen LogP contribution in [0.1, 0.15) is 0 Å². The third kappa shape index (κ3) is 3.85. The van der Waals surface area contributed by atoms with Crippen molar-refractivity contribution in [2.24, 2.45) is 0 Å². The Hall–Kier alpha value is -2.36. The van der Waals surface area contributed by atoms with E-state index in [4.69, 9.17) is 33.0 Å². The van der Waals surface area contributed by atoms with Gasteiger partial charge in [-0.2, -0.15) is 0 Å². The Balaban J connectivity index is 1.99. The average molecular weight is 413 g/mol. The highest BCUT2D eigenvalue weighted by atomic mass is 35.5. The first kappa shape index (κ1) is 19.4. The predicted molar refractivity (Wildman–Crippen MR) is 99.7 cm³/mol. The number of benzene rings is 2. The van der Waals surface area contributed by atoms with Crippen LogP contribution in [0.25, 0.3) is 16.6 Å². The molecule has 8 nitrogen and oxygen atoms in total. The second-order valence-corrected chi connectivity index (χ2v) is 6.50. The maximum absolute atomic E-state index is 10.9. The van der Waals surface area contributed by atoms with Gasteiger partial charge in [-0.15, -0.1) is 0 Å². The number of hydrogen-bond acceptors (Lipinski definition) is 6. The van der Waals surface area contributed by atoms with Crippen molar-refractivity contribution >= 4 is 39.8 Å². The second kappa shape index (κ2) is 7.71. The Morgan fingerprint density at radius 3 is 2.41 bits per heavy atom. The zero-order valence-corrected chi connectivity index (χ0v) is 15.1. The summed E-state index contributed by atoms with van der Waals surface area (Å²) in [6, 6.07) is 9.24. The molecule has 0 aliphatic carbocycles. The number of rotatable bonds is 6. The van der Waals surface area contributed by atoms with Gasteiger partial charge in [-0.25, -0.2) is 0 Å². The molecule has 2 aromatic carbocycles. The summed E-state index contributed by atoms with van der Waals surface area (Å²) in [4.78, 5) is 10.4. The Bertz CT molecular complexity index is 983. The molecule has 0 bridgehead atoms. The summed E-state index contributed by atoms with van der Waals surface area (Å²) in [6.07, 6.45) is -1.51. The Labute approximate surface area is 162 Å². The molecule has 10 heteroatoms. The lowest BCUT2D eigenvalue weighted by atomic mass is 10.2. The van der Waals surface area contributed by atoms with Crippen molar-refractivity contribution < 1.29 is 25.0 Å². The van der Waals surface area contributed by atoms with Crippen molar-refractivity contribution in [1.29, 1.82) is 0 Å². The van der Waals surface area contributed by atoms with Crippen LogP contribution in [-0.2, 0) is 0 Å². The summed E-state index contributed by atoms with van der Waals surface area (Å²) < 4.78 is 6.86. The van der Waals surface area contributed by atoms with E-state index < -0.39 is 23.9 Å². The molecule has 1 heterocycles. The fraction of sp³-hybridized carbons (Fsp3) is 0.176. The number of aromatic nitrogens is 1. The van der Waals surface area contributed by atoms with Crippen molar-refractivity contribution in [2.45, 2.75) is 12.4 Å². The molecule has 3 N–H and O–H groups in total. The molecular formula is C17H14Cl2N2O6. The van der Waals surface area contributed by atoms with Crippen LogP contribution in [0.15, 0.2) is 42.6 Å². The lowest BCUT2D eigenvalue weighted by Gasteiger charge is -2.19. The number of aliphatic hydroxyl groups is 3. The average Bonchev–Trinajstić information content (AvgIpc) is 3.06. The van der Waals surface area contributed by atoms with Gasteiger partial charge in [0.2, 0.25) is 6.29 Å². The van der Waals surface area contributed by atoms with Crippen LogP contribution >= 0.6 is 23.2 Å². The number of nitrogens with zero attached hydrogens (tertiary/aromatic N) is 2. The lowest BCUT2D eigenvalue weighted by Crippen LogP contribution is -2.34. The van der Waals surface area contributed by atoms with E-state index >= 15 is 0 Å². The molecule has 2 unspecified atom stereocenters. The second-order valence-electron chi connectivity index (χ2n) is 5.68. The highest BCUT2D eigenvalue weighted by Gasteiger charge is 2.21. The number of nitro groups is 1. The van der Waals surface area contributed by atoms with Crippen molar-refractivity contribution in [1.82, 2.24) is 4.57 Å². The molecule has 3 rings (SSSR count). The number of halogens is 2. The Kier molecular flexibility index (Phi) is 5.54. The van der Waals surface area contributed by atoms with Gasteiger partial charge in [-0.3, -0.25) is 10.1 Å². The third-order valence-electron chi connectivity index (χ3n) is 3.90. The summed E-state index contributed by atoms with van der Waals surface area (Å²) >= 11 is 12.4. The lowest BCUT2D eigenvalue weighted by molar-refractivity contribution is -0.384. The molecule has 0 aliphatic heterocycles. The van der Waals surface area contributed by atoms with Gasteiger partial charge < -0.3 is 24.6 Å². The summed E-state index contributed by atoms with van der Waals surface area (Å²) in [7, 11) is 0. The first-order valence-corrected chi connectivity index (χ1v) is 8.46. The molecule has 1 aromatic heterocycles. The smallest absolute Gasteiger partial charge is 0.270 e. The van der Waals surface area contributed by atoms with E-state index in [2.05, 4.69) is 0 Å². The molecule has 0 spiro atoms. The largest absolute Gasteiger partial charge is 0.459 e. The van der Waals surface area contributed by atoms with Gasteiger partial charge in [-0.1, -0.05) is 23.2 Å². The standard InChI is InChI=1S/C17H14Cl2N2O6/c18-12-6-11(7-13(19)16(12)27-17(24)15(23)8-22)20-4-3-9-5-10(21(25)26)1-2-14(9)20/h1-7,15,17,22-24H,8H2. The Morgan fingerprint density at radius 1 is 1.15 bits per heavy atom. The van der Waals surface area contributed by atoms with Gasteiger partial charge in [0.1, 0.15) is 6.10 Å². The van der Waals surface area contributed by atoms with Gasteiger partial charge in [0.15, 0.2) is 5.75 Å². The monoisotopic (exact) mass is 412 g/mol. The molecule has 0 saturated heterocycles. The van der Waals surface area contributed by atoms with E-state index in [1.165, 1.54) is 24.3 Å². The fourth-order valence-electron chi connectivity index (χ4n) is 2.56. The predicted octanol–water partition coefficient (Wildman–Crippen LogP) is 2.90. The van der Waals surface area contributed by atoms with Crippen molar-refractivity contribution in [3.63, 3.8) is 0 Å². The number of non-ortho nitro benzene ring substituents is 1. The number of ether oxygens (including phenoxy) is 1. The van der Waals surface area contributed by atoms with Crippen LogP contribution in [0.5, 0.6) is 5.75 Å². The third-order valence-corrected chi connectivity index (χ3v) is 4.46. The minimum absolute atomic E-state index is 0.0171. The quantitative estimate of drug-likeness (QED) is 0.325. The van der Waals surface area contributed by atoms with Crippen LogP contribution in [0.4, 0.5) is 5.69 Å². The van der Waals surface area contributed by atoms with E-state index in [0.717, 1.165) is 0 Å². The maximum atomic E-state index is 10.9. The van der Waals surface area contributed by atoms with E-state index in [1.54, 1.807) is 22.9 Å². The summed E-state index contributed by atoms with van der Waals surface area (Å²) in [5.74, 6) is -0.0471. The highest BCUT2D eigenvalue weighted by Crippen LogP contribution is 2.37. The zero-order valence-electron chi connectivity index (χ0n) is 13.6. The molecule has 2 atom stereocenters. The molecule has 0 fully saturated rings. The van der Waals surface area contributed by atoms with E-state index in [1.807, 2.05) is 0 Å². The van der Waals surface area contributed by atoms with Gasteiger partial charge in [0, 0.05) is 29.4 Å². The van der Waals surface area contributed by atoms with E-state index in [-0.39, 0.29) is 21.5 Å². The molecule has 0 amide bonds. The van der Waals surface area contributed by atoms with Crippen LogP contribution < -0.4 is 4.74 Å². The minimum atomic E-state index is -1.70. The van der Waals surface area contributed by atoms with E-state index in [9.17, 15) is 20.3 Å². The van der Waals surface area contributed by atoms with Crippen molar-refractivity contribution in [2.75, 3.05) is 6.61 Å². The van der Waals surface area contributed by atoms with Crippen LogP contribution in [0.3, 0.4) is 0 Å². The van der Waals surface area contributed by atoms with Crippen molar-refractivity contribution in [3.05, 3.63) is 62.8 Å². The zero-order chi connectivity index (χ0) is 19.7. The summed E-state index contributed by atoms with van der Waals surface area (Å²) in [5, 5.41) is 39.6. The molecule has 3 aromatic rings.